The molecular formula is C13H14N2O. The number of nitrogens with one attached hydrogen (secondary N) is 1. The first-order valence-corrected chi connectivity index (χ1v) is 5.62. The minimum Gasteiger partial charge on any atom is -0.273 e. The summed E-state index contributed by atoms with van der Waals surface area (Å²) in [5.41, 5.74) is 7.36. The van der Waals surface area contributed by atoms with E-state index in [0.717, 1.165) is 17.7 Å². The fraction of sp³-hybridized carbons (Fsp3) is 0.385. The van der Waals surface area contributed by atoms with Gasteiger partial charge in [-0.15, -0.1) is 0 Å². The Balaban J connectivity index is 1.98. The second kappa shape index (κ2) is 3.17. The predicted octanol–water partition coefficient (Wildman–Crippen LogP) is 1.77. The fourth-order valence-electron chi connectivity index (χ4n) is 2.25. The zero-order valence-electron chi connectivity index (χ0n) is 9.45. The third-order valence-electron chi connectivity index (χ3n) is 3.57. The quantitative estimate of drug-likeness (QED) is 0.760. The summed E-state index contributed by atoms with van der Waals surface area (Å²) in [6, 6.07) is 6.36. The van der Waals surface area contributed by atoms with Crippen LogP contribution in [0.2, 0.25) is 0 Å². The lowest BCUT2D eigenvalue weighted by Gasteiger charge is -2.12. The van der Waals surface area contributed by atoms with Gasteiger partial charge in [-0.25, -0.2) is 5.43 Å². The lowest BCUT2D eigenvalue weighted by atomic mass is 9.99. The highest BCUT2D eigenvalue weighted by Crippen LogP contribution is 2.43. The number of hydrogen-bond donors (Lipinski definition) is 1. The Kier molecular flexibility index (Phi) is 1.90. The summed E-state index contributed by atoms with van der Waals surface area (Å²) in [6.45, 7) is 4.20. The van der Waals surface area contributed by atoms with Crippen LogP contribution in [-0.4, -0.2) is 11.6 Å². The molecule has 3 heteroatoms. The van der Waals surface area contributed by atoms with Crippen LogP contribution >= 0.6 is 0 Å². The van der Waals surface area contributed by atoms with Gasteiger partial charge in [-0.05, 0) is 43.0 Å². The number of benzene rings is 1. The highest BCUT2D eigenvalue weighted by molar-refractivity contribution is 6.09. The molecule has 0 saturated heterocycles. The van der Waals surface area contributed by atoms with Gasteiger partial charge < -0.3 is 0 Å². The smallest absolute Gasteiger partial charge is 0.243 e. The van der Waals surface area contributed by atoms with E-state index in [-0.39, 0.29) is 11.8 Å². The molecule has 0 unspecified atom stereocenters. The number of rotatable bonds is 1. The summed E-state index contributed by atoms with van der Waals surface area (Å²) in [4.78, 5) is 11.3. The van der Waals surface area contributed by atoms with Crippen LogP contribution in [0.3, 0.4) is 0 Å². The molecule has 2 aliphatic rings. The second-order valence-electron chi connectivity index (χ2n) is 4.72. The Labute approximate surface area is 94.6 Å². The van der Waals surface area contributed by atoms with Gasteiger partial charge in [-0.1, -0.05) is 12.1 Å². The zero-order valence-corrected chi connectivity index (χ0v) is 9.45. The van der Waals surface area contributed by atoms with Crippen LogP contribution in [0.1, 0.15) is 23.1 Å². The minimum atomic E-state index is 0.0811. The van der Waals surface area contributed by atoms with Crippen molar-refractivity contribution in [2.45, 2.75) is 20.3 Å². The van der Waals surface area contributed by atoms with Crippen LogP contribution in [0.4, 0.5) is 0 Å². The maximum Gasteiger partial charge on any atom is 0.243 e. The lowest BCUT2D eigenvalue weighted by Crippen LogP contribution is -2.28. The standard InChI is InChI=1S/C13H14N2O/c1-7-3-4-9(5-8(7)2)12-10-6-11(10)13(16)15-14-12/h3-5,10-11H,6H2,1-2H3,(H,15,16)/t10-,11+/m0/s1. The Morgan fingerprint density at radius 3 is 2.81 bits per heavy atom. The van der Waals surface area contributed by atoms with Gasteiger partial charge in [-0.2, -0.15) is 5.10 Å². The number of carbonyl (C=O) groups excluding carboxylic acids is 1. The van der Waals surface area contributed by atoms with Crippen molar-refractivity contribution in [3.63, 3.8) is 0 Å². The molecule has 16 heavy (non-hydrogen) atoms. The summed E-state index contributed by atoms with van der Waals surface area (Å²) in [7, 11) is 0. The van der Waals surface area contributed by atoms with Crippen molar-refractivity contribution in [1.82, 2.24) is 5.43 Å². The Morgan fingerprint density at radius 2 is 2.06 bits per heavy atom. The Morgan fingerprint density at radius 1 is 1.25 bits per heavy atom. The number of hydrogen-bond acceptors (Lipinski definition) is 2. The van der Waals surface area contributed by atoms with Gasteiger partial charge in [0.2, 0.25) is 5.91 Å². The van der Waals surface area contributed by atoms with Crippen molar-refractivity contribution in [2.75, 3.05) is 0 Å². The van der Waals surface area contributed by atoms with E-state index >= 15 is 0 Å². The van der Waals surface area contributed by atoms with Gasteiger partial charge in [0.25, 0.3) is 0 Å². The third kappa shape index (κ3) is 1.35. The molecule has 1 aromatic carbocycles. The molecule has 1 amide bonds. The largest absolute Gasteiger partial charge is 0.273 e. The molecule has 1 fully saturated rings. The minimum absolute atomic E-state index is 0.0811. The van der Waals surface area contributed by atoms with Crippen molar-refractivity contribution in [2.24, 2.45) is 16.9 Å². The number of amides is 1. The van der Waals surface area contributed by atoms with Crippen LogP contribution in [0.25, 0.3) is 0 Å². The number of fused-ring (bicyclic) bond motifs is 1. The topological polar surface area (TPSA) is 41.5 Å². The van der Waals surface area contributed by atoms with Crippen molar-refractivity contribution in [3.05, 3.63) is 34.9 Å². The molecule has 1 N–H and O–H groups in total. The zero-order chi connectivity index (χ0) is 11.3. The highest BCUT2D eigenvalue weighted by atomic mass is 16.2. The molecule has 3 rings (SSSR count). The van der Waals surface area contributed by atoms with Gasteiger partial charge in [0.05, 0.1) is 5.71 Å². The second-order valence-corrected chi connectivity index (χ2v) is 4.72. The SMILES string of the molecule is Cc1ccc(C2=NNC(=O)[C@@H]3C[C@H]23)cc1C. The summed E-state index contributed by atoms with van der Waals surface area (Å²) in [5, 5.41) is 4.19. The normalized spacial score (nSPS) is 26.9. The molecule has 0 spiro atoms. The molecule has 0 bridgehead atoms. The first-order valence-electron chi connectivity index (χ1n) is 5.62. The molecule has 3 nitrogen and oxygen atoms in total. The van der Waals surface area contributed by atoms with Crippen molar-refractivity contribution >= 4 is 11.6 Å². The fourth-order valence-corrected chi connectivity index (χ4v) is 2.25. The van der Waals surface area contributed by atoms with Gasteiger partial charge in [0.15, 0.2) is 0 Å². The molecule has 0 radical (unpaired) electrons. The summed E-state index contributed by atoms with van der Waals surface area (Å²) < 4.78 is 0. The van der Waals surface area contributed by atoms with Gasteiger partial charge in [-0.3, -0.25) is 4.79 Å². The average molecular weight is 214 g/mol. The summed E-state index contributed by atoms with van der Waals surface area (Å²) in [6.07, 6.45) is 0.956. The first-order chi connectivity index (χ1) is 7.66. The monoisotopic (exact) mass is 214 g/mol. The van der Waals surface area contributed by atoms with E-state index in [4.69, 9.17) is 0 Å². The third-order valence-corrected chi connectivity index (χ3v) is 3.57. The molecule has 0 aromatic heterocycles. The molecule has 1 saturated carbocycles. The lowest BCUT2D eigenvalue weighted by molar-refractivity contribution is -0.122. The highest BCUT2D eigenvalue weighted by Gasteiger charge is 2.49. The number of nitrogens with zero attached hydrogens (tertiary/aromatic N) is 1. The van der Waals surface area contributed by atoms with E-state index in [0.29, 0.717) is 5.92 Å². The maximum atomic E-state index is 11.3. The van der Waals surface area contributed by atoms with Gasteiger partial charge in [0.1, 0.15) is 0 Å². The van der Waals surface area contributed by atoms with Crippen LogP contribution in [-0.2, 0) is 4.79 Å². The molecule has 1 aliphatic carbocycles. The average Bonchev–Trinajstić information content (AvgIpc) is 3.04. The van der Waals surface area contributed by atoms with E-state index in [9.17, 15) is 4.79 Å². The predicted molar refractivity (Wildman–Crippen MR) is 62.2 cm³/mol. The van der Waals surface area contributed by atoms with Crippen LogP contribution in [0.5, 0.6) is 0 Å². The summed E-state index contributed by atoms with van der Waals surface area (Å²) >= 11 is 0. The van der Waals surface area contributed by atoms with Crippen LogP contribution < -0.4 is 5.43 Å². The molecule has 1 aromatic rings. The molecule has 1 aliphatic heterocycles. The molecule has 1 heterocycles. The Hall–Kier alpha value is -1.64. The Bertz CT molecular complexity index is 505. The van der Waals surface area contributed by atoms with Crippen molar-refractivity contribution in [1.29, 1.82) is 0 Å². The number of carbonyl (C=O) groups is 1. The number of aryl methyl sites for hydroxylation is 2. The molecular weight excluding hydrogens is 200 g/mol. The van der Waals surface area contributed by atoms with Gasteiger partial charge in [0, 0.05) is 11.8 Å². The first kappa shape index (κ1) is 9.58. The summed E-state index contributed by atoms with van der Waals surface area (Å²) in [5.74, 6) is 0.613. The van der Waals surface area contributed by atoms with E-state index in [1.807, 2.05) is 0 Å². The molecule has 82 valence electrons. The van der Waals surface area contributed by atoms with E-state index in [1.54, 1.807) is 0 Å². The van der Waals surface area contributed by atoms with Crippen molar-refractivity contribution in [3.8, 4) is 0 Å². The van der Waals surface area contributed by atoms with Crippen LogP contribution in [0, 0.1) is 25.7 Å². The van der Waals surface area contributed by atoms with E-state index in [2.05, 4.69) is 42.6 Å². The number of hydrazone groups is 1. The molecule has 2 atom stereocenters. The maximum absolute atomic E-state index is 11.3. The van der Waals surface area contributed by atoms with E-state index in [1.165, 1.54) is 11.1 Å². The van der Waals surface area contributed by atoms with Gasteiger partial charge >= 0.3 is 0 Å². The van der Waals surface area contributed by atoms with E-state index < -0.39 is 0 Å². The van der Waals surface area contributed by atoms with Crippen LogP contribution in [0.15, 0.2) is 23.3 Å². The van der Waals surface area contributed by atoms with Crippen molar-refractivity contribution < 1.29 is 4.79 Å².